The van der Waals surface area contributed by atoms with Crippen molar-refractivity contribution in [3.63, 3.8) is 0 Å². The Morgan fingerprint density at radius 1 is 1.37 bits per heavy atom. The van der Waals surface area contributed by atoms with E-state index >= 15 is 0 Å². The molecule has 0 N–H and O–H groups in total. The Morgan fingerprint density at radius 3 is 2.90 bits per heavy atom. The van der Waals surface area contributed by atoms with Crippen molar-refractivity contribution in [2.75, 3.05) is 11.4 Å². The van der Waals surface area contributed by atoms with E-state index in [1.165, 1.54) is 23.1 Å². The molecule has 1 aliphatic heterocycles. The molecule has 0 aliphatic carbocycles. The highest BCUT2D eigenvalue weighted by Gasteiger charge is 2.25. The van der Waals surface area contributed by atoms with Gasteiger partial charge in [0.15, 0.2) is 10.9 Å². The third kappa shape index (κ3) is 3.61. The number of nitrogens with zero attached hydrogens (tertiary/aromatic N) is 3. The number of benzene rings is 1. The average Bonchev–Trinajstić information content (AvgIpc) is 3.36. The summed E-state index contributed by atoms with van der Waals surface area (Å²) in [5.74, 6) is -0.0271. The number of hydrogen-bond acceptors (Lipinski definition) is 6. The summed E-state index contributed by atoms with van der Waals surface area (Å²) in [4.78, 5) is 44.0. The normalized spacial score (nSPS) is 14.0. The fourth-order valence-corrected chi connectivity index (χ4v) is 5.41. The van der Waals surface area contributed by atoms with Gasteiger partial charge in [-0.2, -0.15) is 0 Å². The lowest BCUT2D eigenvalue weighted by molar-refractivity contribution is -0.116. The van der Waals surface area contributed by atoms with Crippen molar-refractivity contribution in [3.05, 3.63) is 63.8 Å². The van der Waals surface area contributed by atoms with Gasteiger partial charge in [-0.3, -0.25) is 19.0 Å². The van der Waals surface area contributed by atoms with Gasteiger partial charge >= 0.3 is 0 Å². The summed E-state index contributed by atoms with van der Waals surface area (Å²) in [6.07, 6.45) is 2.40. The van der Waals surface area contributed by atoms with Crippen molar-refractivity contribution >= 4 is 50.7 Å². The number of aromatic nitrogens is 2. The zero-order valence-corrected chi connectivity index (χ0v) is 18.4. The van der Waals surface area contributed by atoms with Gasteiger partial charge in [0, 0.05) is 31.3 Å². The molecule has 1 aromatic carbocycles. The third-order valence-corrected chi connectivity index (χ3v) is 7.12. The molecular formula is C22H21N3O3S2. The maximum Gasteiger partial charge on any atom is 0.272 e. The molecule has 2 aromatic heterocycles. The van der Waals surface area contributed by atoms with Gasteiger partial charge in [0.2, 0.25) is 5.91 Å². The number of Topliss-reactive ketones (excluding diaryl/α,β-unsaturated/α-hetero) is 1. The molecule has 0 saturated carbocycles. The third-order valence-electron chi connectivity index (χ3n) is 5.13. The number of rotatable bonds is 6. The number of thiophene rings is 1. The number of ketones is 1. The topological polar surface area (TPSA) is 72.3 Å². The van der Waals surface area contributed by atoms with Gasteiger partial charge in [0.25, 0.3) is 5.56 Å². The first-order chi connectivity index (χ1) is 14.4. The molecule has 1 atom stereocenters. The van der Waals surface area contributed by atoms with Crippen LogP contribution in [0.15, 0.2) is 52.3 Å². The molecule has 30 heavy (non-hydrogen) atoms. The number of anilines is 1. The summed E-state index contributed by atoms with van der Waals surface area (Å²) in [7, 11) is 0. The monoisotopic (exact) mass is 439 g/mol. The number of hydrogen-bond donors (Lipinski definition) is 0. The van der Waals surface area contributed by atoms with Gasteiger partial charge in [-0.05, 0) is 48.6 Å². The molecule has 0 fully saturated rings. The fourth-order valence-electron chi connectivity index (χ4n) is 3.63. The Labute approximate surface area is 182 Å². The lowest BCUT2D eigenvalue weighted by Gasteiger charge is -2.16. The second kappa shape index (κ2) is 8.20. The van der Waals surface area contributed by atoms with E-state index < -0.39 is 5.25 Å². The van der Waals surface area contributed by atoms with Crippen molar-refractivity contribution < 1.29 is 9.59 Å². The van der Waals surface area contributed by atoms with Crippen molar-refractivity contribution in [3.8, 4) is 0 Å². The summed E-state index contributed by atoms with van der Waals surface area (Å²) in [5.41, 5.74) is 3.03. The highest BCUT2D eigenvalue weighted by molar-refractivity contribution is 8.00. The smallest absolute Gasteiger partial charge is 0.272 e. The molecule has 0 bridgehead atoms. The summed E-state index contributed by atoms with van der Waals surface area (Å²) >= 11 is 2.64. The van der Waals surface area contributed by atoms with Gasteiger partial charge in [-0.25, -0.2) is 4.98 Å². The molecule has 6 nitrogen and oxygen atoms in total. The van der Waals surface area contributed by atoms with Gasteiger partial charge in [0.05, 0.1) is 10.8 Å². The van der Waals surface area contributed by atoms with E-state index in [-0.39, 0.29) is 17.2 Å². The van der Waals surface area contributed by atoms with Crippen molar-refractivity contribution in [2.45, 2.75) is 37.2 Å². The number of amides is 1. The molecule has 3 aromatic rings. The highest BCUT2D eigenvalue weighted by Crippen LogP contribution is 2.31. The van der Waals surface area contributed by atoms with Crippen molar-refractivity contribution in [1.82, 2.24) is 9.55 Å². The zero-order valence-electron chi connectivity index (χ0n) is 16.8. The highest BCUT2D eigenvalue weighted by atomic mass is 32.2. The quantitative estimate of drug-likeness (QED) is 0.252. The van der Waals surface area contributed by atoms with Crippen LogP contribution in [0.3, 0.4) is 0 Å². The number of carbonyl (C=O) groups excluding carboxylic acids is 2. The Bertz CT molecular complexity index is 1230. The maximum absolute atomic E-state index is 13.1. The van der Waals surface area contributed by atoms with Gasteiger partial charge in [0.1, 0.15) is 4.70 Å². The van der Waals surface area contributed by atoms with Gasteiger partial charge in [-0.15, -0.1) is 17.9 Å². The number of fused-ring (bicyclic) bond motifs is 2. The molecule has 8 heteroatoms. The summed E-state index contributed by atoms with van der Waals surface area (Å²) in [5, 5.41) is 1.93. The molecule has 3 heterocycles. The Hall–Kier alpha value is -2.71. The Morgan fingerprint density at radius 2 is 2.17 bits per heavy atom. The lowest BCUT2D eigenvalue weighted by atomic mass is 10.0. The Kier molecular flexibility index (Phi) is 5.62. The van der Waals surface area contributed by atoms with Crippen LogP contribution in [0.5, 0.6) is 0 Å². The fraction of sp³-hybridized carbons (Fsp3) is 0.273. The van der Waals surface area contributed by atoms with E-state index in [0.29, 0.717) is 34.0 Å². The van der Waals surface area contributed by atoms with E-state index in [2.05, 4.69) is 11.6 Å². The first-order valence-electron chi connectivity index (χ1n) is 9.61. The van der Waals surface area contributed by atoms with Crippen molar-refractivity contribution in [1.29, 1.82) is 0 Å². The van der Waals surface area contributed by atoms with Crippen LogP contribution >= 0.6 is 23.1 Å². The lowest BCUT2D eigenvalue weighted by Crippen LogP contribution is -2.25. The van der Waals surface area contributed by atoms with E-state index in [9.17, 15) is 14.4 Å². The van der Waals surface area contributed by atoms with Crippen LogP contribution in [0.4, 0.5) is 5.69 Å². The molecule has 4 rings (SSSR count). The van der Waals surface area contributed by atoms with E-state index in [4.69, 9.17) is 0 Å². The second-order valence-electron chi connectivity index (χ2n) is 7.12. The van der Waals surface area contributed by atoms with E-state index in [1.54, 1.807) is 28.5 Å². The molecule has 1 aliphatic rings. The molecule has 0 spiro atoms. The zero-order chi connectivity index (χ0) is 21.4. The van der Waals surface area contributed by atoms with Crippen LogP contribution in [0.2, 0.25) is 0 Å². The first kappa shape index (κ1) is 20.6. The molecule has 0 saturated heterocycles. The van der Waals surface area contributed by atoms with Gasteiger partial charge < -0.3 is 4.90 Å². The molecule has 1 amide bonds. The van der Waals surface area contributed by atoms with Crippen LogP contribution < -0.4 is 10.5 Å². The number of allylic oxidation sites excluding steroid dienone is 1. The standard InChI is InChI=1S/C22H21N3O3S2/c1-4-9-25-21(28)20-17(8-11-29-20)23-22(25)30-13(2)19(27)16-5-6-18-15(12-16)7-10-24(18)14(3)26/h4-6,8,11-13H,1,7,9-10H2,2-3H3. The maximum atomic E-state index is 13.1. The largest absolute Gasteiger partial charge is 0.312 e. The molecule has 154 valence electrons. The minimum atomic E-state index is -0.424. The first-order valence-corrected chi connectivity index (χ1v) is 11.4. The number of carbonyl (C=O) groups is 2. The second-order valence-corrected chi connectivity index (χ2v) is 9.35. The molecule has 0 radical (unpaired) electrons. The van der Waals surface area contributed by atoms with Crippen LogP contribution in [0.25, 0.3) is 10.2 Å². The summed E-state index contributed by atoms with van der Waals surface area (Å²) in [6, 6.07) is 7.31. The SMILES string of the molecule is C=CCn1c(SC(C)C(=O)c2ccc3c(c2)CCN3C(C)=O)nc2ccsc2c1=O. The van der Waals surface area contributed by atoms with Crippen LogP contribution in [-0.2, 0) is 17.8 Å². The van der Waals surface area contributed by atoms with E-state index in [1.807, 2.05) is 30.5 Å². The van der Waals surface area contributed by atoms with Crippen molar-refractivity contribution in [2.24, 2.45) is 0 Å². The Balaban J connectivity index is 1.62. The van der Waals surface area contributed by atoms with Gasteiger partial charge in [-0.1, -0.05) is 17.8 Å². The van der Waals surface area contributed by atoms with Crippen LogP contribution in [0, 0.1) is 0 Å². The van der Waals surface area contributed by atoms with Crippen LogP contribution in [-0.4, -0.2) is 33.0 Å². The summed E-state index contributed by atoms with van der Waals surface area (Å²) < 4.78 is 2.17. The van der Waals surface area contributed by atoms with E-state index in [0.717, 1.165) is 17.7 Å². The predicted molar refractivity (Wildman–Crippen MR) is 122 cm³/mol. The predicted octanol–water partition coefficient (Wildman–Crippen LogP) is 3.92. The number of thioether (sulfide) groups is 1. The minimum Gasteiger partial charge on any atom is -0.312 e. The minimum absolute atomic E-state index is 0.00633. The molecular weight excluding hydrogens is 418 g/mol. The summed E-state index contributed by atoms with van der Waals surface area (Å²) in [6.45, 7) is 8.08. The van der Waals surface area contributed by atoms with Crippen LogP contribution in [0.1, 0.15) is 29.8 Å². The molecule has 1 unspecified atom stereocenters. The average molecular weight is 440 g/mol.